The Hall–Kier alpha value is -0.910. The Kier molecular flexibility index (Phi) is 5.82. The van der Waals surface area contributed by atoms with E-state index in [4.69, 9.17) is 5.73 Å². The molecule has 0 unspecified atom stereocenters. The van der Waals surface area contributed by atoms with Gasteiger partial charge in [0.1, 0.15) is 4.34 Å². The van der Waals surface area contributed by atoms with E-state index in [-0.39, 0.29) is 6.04 Å². The maximum absolute atomic E-state index is 6.14. The Bertz CT molecular complexity index is 485. The predicted octanol–water partition coefficient (Wildman–Crippen LogP) is 3.15. The second-order valence-electron chi connectivity index (χ2n) is 4.46. The highest BCUT2D eigenvalue weighted by molar-refractivity contribution is 8.01. The number of hydrogen-bond acceptors (Lipinski definition) is 5. The summed E-state index contributed by atoms with van der Waals surface area (Å²) in [5.41, 5.74) is 8.73. The Morgan fingerprint density at radius 1 is 1.37 bits per heavy atom. The Balaban J connectivity index is 1.74. The number of thiazole rings is 1. The van der Waals surface area contributed by atoms with Crippen LogP contribution in [0.4, 0.5) is 0 Å². The molecule has 2 aromatic heterocycles. The van der Waals surface area contributed by atoms with Crippen LogP contribution in [0.15, 0.2) is 34.4 Å². The topological polar surface area (TPSA) is 51.8 Å². The van der Waals surface area contributed by atoms with Crippen LogP contribution >= 0.6 is 23.1 Å². The molecule has 0 fully saturated rings. The van der Waals surface area contributed by atoms with Crippen LogP contribution in [0.5, 0.6) is 0 Å². The van der Waals surface area contributed by atoms with Gasteiger partial charge < -0.3 is 5.73 Å². The summed E-state index contributed by atoms with van der Waals surface area (Å²) < 4.78 is 1.10. The quantitative estimate of drug-likeness (QED) is 0.797. The molecule has 0 aliphatic rings. The van der Waals surface area contributed by atoms with E-state index in [1.165, 1.54) is 11.1 Å². The summed E-state index contributed by atoms with van der Waals surface area (Å²) in [6.45, 7) is 2.15. The first-order valence-electron chi connectivity index (χ1n) is 6.48. The molecule has 0 saturated carbocycles. The van der Waals surface area contributed by atoms with Crippen LogP contribution in [0.25, 0.3) is 0 Å². The predicted molar refractivity (Wildman–Crippen MR) is 82.7 cm³/mol. The minimum Gasteiger partial charge on any atom is -0.327 e. The van der Waals surface area contributed by atoms with Crippen molar-refractivity contribution in [1.82, 2.24) is 9.97 Å². The highest BCUT2D eigenvalue weighted by Gasteiger charge is 2.06. The third-order valence-electron chi connectivity index (χ3n) is 2.89. The van der Waals surface area contributed by atoms with Crippen molar-refractivity contribution >= 4 is 23.1 Å². The van der Waals surface area contributed by atoms with Gasteiger partial charge in [-0.1, -0.05) is 24.8 Å². The van der Waals surface area contributed by atoms with Crippen LogP contribution in [0.1, 0.15) is 24.5 Å². The third-order valence-corrected chi connectivity index (χ3v) is 5.05. The molecule has 102 valence electrons. The molecule has 0 aliphatic heterocycles. The molecule has 0 aliphatic carbocycles. The van der Waals surface area contributed by atoms with E-state index in [2.05, 4.69) is 23.0 Å². The number of aryl methyl sites for hydroxylation is 2. The summed E-state index contributed by atoms with van der Waals surface area (Å²) in [6, 6.07) is 2.44. The van der Waals surface area contributed by atoms with Gasteiger partial charge in [0, 0.05) is 35.8 Å². The lowest BCUT2D eigenvalue weighted by atomic mass is 10.1. The Morgan fingerprint density at radius 3 is 2.95 bits per heavy atom. The van der Waals surface area contributed by atoms with Crippen molar-refractivity contribution in [2.45, 2.75) is 36.6 Å². The molecule has 5 heteroatoms. The molecule has 0 saturated heterocycles. The summed E-state index contributed by atoms with van der Waals surface area (Å²) in [5, 5.41) is 2.00. The number of nitrogens with zero attached hydrogens (tertiary/aromatic N) is 2. The van der Waals surface area contributed by atoms with E-state index in [0.717, 1.165) is 29.4 Å². The molecule has 3 nitrogen and oxygen atoms in total. The van der Waals surface area contributed by atoms with Crippen LogP contribution in [-0.2, 0) is 12.8 Å². The maximum atomic E-state index is 6.14. The number of aromatic nitrogens is 2. The lowest BCUT2D eigenvalue weighted by Crippen LogP contribution is -2.23. The van der Waals surface area contributed by atoms with Crippen LogP contribution in [0, 0.1) is 0 Å². The van der Waals surface area contributed by atoms with E-state index in [1.807, 2.05) is 24.0 Å². The van der Waals surface area contributed by atoms with E-state index in [9.17, 15) is 0 Å². The average Bonchev–Trinajstić information content (AvgIpc) is 2.96. The maximum Gasteiger partial charge on any atom is 0.149 e. The summed E-state index contributed by atoms with van der Waals surface area (Å²) >= 11 is 3.42. The highest BCUT2D eigenvalue weighted by atomic mass is 32.2. The van der Waals surface area contributed by atoms with Gasteiger partial charge >= 0.3 is 0 Å². The molecular formula is C14H19N3S2. The van der Waals surface area contributed by atoms with Crippen LogP contribution in [0.2, 0.25) is 0 Å². The molecule has 19 heavy (non-hydrogen) atoms. The minimum atomic E-state index is 0.208. The van der Waals surface area contributed by atoms with Crippen molar-refractivity contribution in [2.24, 2.45) is 5.73 Å². The molecule has 2 heterocycles. The number of rotatable bonds is 7. The zero-order chi connectivity index (χ0) is 13.5. The minimum absolute atomic E-state index is 0.208. The molecule has 0 amide bonds. The molecule has 2 rings (SSSR count). The highest BCUT2D eigenvalue weighted by Crippen LogP contribution is 2.21. The van der Waals surface area contributed by atoms with E-state index in [0.29, 0.717) is 0 Å². The average molecular weight is 293 g/mol. The SMILES string of the molecule is CCc1cncc(CC[C@@H](N)CSc2nccs2)c1. The lowest BCUT2D eigenvalue weighted by Gasteiger charge is -2.10. The van der Waals surface area contributed by atoms with Crippen LogP contribution in [-0.4, -0.2) is 21.8 Å². The molecule has 0 spiro atoms. The normalized spacial score (nSPS) is 12.5. The molecule has 1 atom stereocenters. The molecule has 2 N–H and O–H groups in total. The monoisotopic (exact) mass is 293 g/mol. The zero-order valence-electron chi connectivity index (χ0n) is 11.1. The van der Waals surface area contributed by atoms with Gasteiger partial charge in [-0.2, -0.15) is 0 Å². The van der Waals surface area contributed by atoms with Crippen molar-refractivity contribution in [2.75, 3.05) is 5.75 Å². The van der Waals surface area contributed by atoms with Gasteiger partial charge in [-0.15, -0.1) is 11.3 Å². The van der Waals surface area contributed by atoms with Crippen molar-refractivity contribution < 1.29 is 0 Å². The standard InChI is InChI=1S/C14H19N3S2/c1-2-11-7-12(9-16-8-11)3-4-13(15)10-19-14-17-5-6-18-14/h5-9,13H,2-4,10,15H2,1H3/t13-/m1/s1. The van der Waals surface area contributed by atoms with Crippen molar-refractivity contribution in [1.29, 1.82) is 0 Å². The first-order valence-corrected chi connectivity index (χ1v) is 8.35. The molecular weight excluding hydrogens is 274 g/mol. The molecule has 0 radical (unpaired) electrons. The smallest absolute Gasteiger partial charge is 0.149 e. The summed E-state index contributed by atoms with van der Waals surface area (Å²) in [4.78, 5) is 8.51. The van der Waals surface area contributed by atoms with Crippen molar-refractivity contribution in [3.63, 3.8) is 0 Å². The molecule has 2 aromatic rings. The van der Waals surface area contributed by atoms with Gasteiger partial charge in [0.25, 0.3) is 0 Å². The van der Waals surface area contributed by atoms with Crippen molar-refractivity contribution in [3.05, 3.63) is 41.2 Å². The first kappa shape index (κ1) is 14.5. The molecule has 0 bridgehead atoms. The second-order valence-corrected chi connectivity index (χ2v) is 6.62. The second kappa shape index (κ2) is 7.62. The largest absolute Gasteiger partial charge is 0.327 e. The van der Waals surface area contributed by atoms with E-state index >= 15 is 0 Å². The van der Waals surface area contributed by atoms with Gasteiger partial charge in [-0.25, -0.2) is 4.98 Å². The Morgan fingerprint density at radius 2 is 2.21 bits per heavy atom. The third kappa shape index (κ3) is 4.93. The number of pyridine rings is 1. The van der Waals surface area contributed by atoms with Gasteiger partial charge in [-0.05, 0) is 30.4 Å². The fraction of sp³-hybridized carbons (Fsp3) is 0.429. The number of hydrogen-bond donors (Lipinski definition) is 1. The van der Waals surface area contributed by atoms with Gasteiger partial charge in [0.2, 0.25) is 0 Å². The molecule has 0 aromatic carbocycles. The van der Waals surface area contributed by atoms with Crippen LogP contribution < -0.4 is 5.73 Å². The van der Waals surface area contributed by atoms with Crippen molar-refractivity contribution in [3.8, 4) is 0 Å². The summed E-state index contributed by atoms with van der Waals surface area (Å²) in [6.07, 6.45) is 8.74. The van der Waals surface area contributed by atoms with Gasteiger partial charge in [0.05, 0.1) is 0 Å². The van der Waals surface area contributed by atoms with E-state index < -0.39 is 0 Å². The van der Waals surface area contributed by atoms with Gasteiger partial charge in [-0.3, -0.25) is 4.98 Å². The van der Waals surface area contributed by atoms with Crippen LogP contribution in [0.3, 0.4) is 0 Å². The lowest BCUT2D eigenvalue weighted by molar-refractivity contribution is 0.673. The summed E-state index contributed by atoms with van der Waals surface area (Å²) in [5.74, 6) is 0.925. The van der Waals surface area contributed by atoms with Gasteiger partial charge in [0.15, 0.2) is 0 Å². The summed E-state index contributed by atoms with van der Waals surface area (Å²) in [7, 11) is 0. The fourth-order valence-electron chi connectivity index (χ4n) is 1.77. The Labute approximate surface area is 122 Å². The fourth-order valence-corrected chi connectivity index (χ4v) is 3.43. The van der Waals surface area contributed by atoms with E-state index in [1.54, 1.807) is 23.1 Å². The zero-order valence-corrected chi connectivity index (χ0v) is 12.7. The number of nitrogens with two attached hydrogens (primary N) is 1. The number of thioether (sulfide) groups is 1. The first-order chi connectivity index (χ1) is 9.28.